The van der Waals surface area contributed by atoms with E-state index >= 15 is 0 Å². The first-order valence-corrected chi connectivity index (χ1v) is 11.1. The number of amides is 2. The average molecular weight is 412 g/mol. The standard InChI is InChI=1S/C23H29N3O2S/c1-16-5-7-17(8-6-16)21(25(2)3)14-24-23(28)18-13-22(27)26(15-18)19-9-11-20(29-4)12-10-19/h5-12,18,21H,13-15H2,1-4H3,(H,24,28). The summed E-state index contributed by atoms with van der Waals surface area (Å²) in [6.07, 6.45) is 2.28. The zero-order valence-electron chi connectivity index (χ0n) is 17.5. The van der Waals surface area contributed by atoms with Gasteiger partial charge in [-0.15, -0.1) is 11.8 Å². The summed E-state index contributed by atoms with van der Waals surface area (Å²) in [6, 6.07) is 16.4. The third-order valence-electron chi connectivity index (χ3n) is 5.44. The lowest BCUT2D eigenvalue weighted by molar-refractivity contribution is -0.126. The molecule has 2 unspecified atom stereocenters. The van der Waals surface area contributed by atoms with Crippen molar-refractivity contribution in [2.75, 3.05) is 38.3 Å². The van der Waals surface area contributed by atoms with Crippen LogP contribution in [0, 0.1) is 12.8 Å². The Labute approximate surface area is 177 Å². The van der Waals surface area contributed by atoms with Gasteiger partial charge in [0.2, 0.25) is 11.8 Å². The lowest BCUT2D eigenvalue weighted by Gasteiger charge is -2.26. The summed E-state index contributed by atoms with van der Waals surface area (Å²) in [6.45, 7) is 3.01. The minimum Gasteiger partial charge on any atom is -0.354 e. The number of aryl methyl sites for hydroxylation is 1. The number of thioether (sulfide) groups is 1. The SMILES string of the molecule is CSc1ccc(N2CC(C(=O)NCC(c3ccc(C)cc3)N(C)C)CC2=O)cc1. The molecule has 154 valence electrons. The van der Waals surface area contributed by atoms with Crippen molar-refractivity contribution < 1.29 is 9.59 Å². The molecule has 0 aromatic heterocycles. The molecule has 0 saturated carbocycles. The van der Waals surface area contributed by atoms with Gasteiger partial charge >= 0.3 is 0 Å². The highest BCUT2D eigenvalue weighted by Crippen LogP contribution is 2.27. The largest absolute Gasteiger partial charge is 0.354 e. The normalized spacial score (nSPS) is 17.6. The summed E-state index contributed by atoms with van der Waals surface area (Å²) in [5.41, 5.74) is 3.23. The van der Waals surface area contributed by atoms with Crippen LogP contribution in [0.5, 0.6) is 0 Å². The molecule has 0 spiro atoms. The fourth-order valence-corrected chi connectivity index (χ4v) is 4.03. The van der Waals surface area contributed by atoms with Crippen LogP contribution in [0.2, 0.25) is 0 Å². The Balaban J connectivity index is 1.61. The molecular formula is C23H29N3O2S. The fourth-order valence-electron chi connectivity index (χ4n) is 3.62. The Morgan fingerprint density at radius 3 is 2.41 bits per heavy atom. The van der Waals surface area contributed by atoms with E-state index < -0.39 is 0 Å². The van der Waals surface area contributed by atoms with Crippen LogP contribution in [0.1, 0.15) is 23.6 Å². The predicted octanol–water partition coefficient (Wildman–Crippen LogP) is 3.49. The van der Waals surface area contributed by atoms with E-state index in [1.165, 1.54) is 11.1 Å². The third-order valence-corrected chi connectivity index (χ3v) is 6.18. The molecule has 29 heavy (non-hydrogen) atoms. The summed E-state index contributed by atoms with van der Waals surface area (Å²) in [7, 11) is 4.02. The number of carbonyl (C=O) groups excluding carboxylic acids is 2. The van der Waals surface area contributed by atoms with Crippen molar-refractivity contribution in [1.82, 2.24) is 10.2 Å². The highest BCUT2D eigenvalue weighted by Gasteiger charge is 2.35. The van der Waals surface area contributed by atoms with Crippen LogP contribution < -0.4 is 10.2 Å². The van der Waals surface area contributed by atoms with E-state index in [1.54, 1.807) is 16.7 Å². The second-order valence-corrected chi connectivity index (χ2v) is 8.62. The second kappa shape index (κ2) is 9.46. The highest BCUT2D eigenvalue weighted by molar-refractivity contribution is 7.98. The Hall–Kier alpha value is -2.31. The molecule has 1 aliphatic rings. The van der Waals surface area contributed by atoms with Crippen molar-refractivity contribution in [3.63, 3.8) is 0 Å². The first kappa shape index (κ1) is 21.4. The van der Waals surface area contributed by atoms with Crippen LogP contribution in [0.15, 0.2) is 53.4 Å². The summed E-state index contributed by atoms with van der Waals surface area (Å²) in [5, 5.41) is 3.07. The van der Waals surface area contributed by atoms with Gasteiger partial charge in [0.1, 0.15) is 0 Å². The lowest BCUT2D eigenvalue weighted by Crippen LogP contribution is -2.38. The van der Waals surface area contributed by atoms with Crippen LogP contribution >= 0.6 is 11.8 Å². The van der Waals surface area contributed by atoms with Gasteiger partial charge in [0.25, 0.3) is 0 Å². The van der Waals surface area contributed by atoms with E-state index in [1.807, 2.05) is 44.6 Å². The molecule has 0 radical (unpaired) electrons. The maximum atomic E-state index is 12.8. The summed E-state index contributed by atoms with van der Waals surface area (Å²) >= 11 is 1.67. The number of nitrogens with zero attached hydrogens (tertiary/aromatic N) is 2. The average Bonchev–Trinajstić information content (AvgIpc) is 3.11. The predicted molar refractivity (Wildman–Crippen MR) is 119 cm³/mol. The van der Waals surface area contributed by atoms with Gasteiger partial charge in [0, 0.05) is 30.1 Å². The fraction of sp³-hybridized carbons (Fsp3) is 0.391. The van der Waals surface area contributed by atoms with Crippen LogP contribution in [0.25, 0.3) is 0 Å². The van der Waals surface area contributed by atoms with Gasteiger partial charge in [-0.25, -0.2) is 0 Å². The molecule has 1 N–H and O–H groups in total. The van der Waals surface area contributed by atoms with Gasteiger partial charge in [-0.3, -0.25) is 9.59 Å². The van der Waals surface area contributed by atoms with Crippen molar-refractivity contribution in [2.24, 2.45) is 5.92 Å². The van der Waals surface area contributed by atoms with Crippen LogP contribution in [-0.4, -0.2) is 50.2 Å². The van der Waals surface area contributed by atoms with Crippen molar-refractivity contribution in [3.8, 4) is 0 Å². The quantitative estimate of drug-likeness (QED) is 0.709. The summed E-state index contributed by atoms with van der Waals surface area (Å²) in [5.74, 6) is -0.367. The number of carbonyl (C=O) groups is 2. The van der Waals surface area contributed by atoms with Gasteiger partial charge < -0.3 is 15.1 Å². The summed E-state index contributed by atoms with van der Waals surface area (Å²) < 4.78 is 0. The van der Waals surface area contributed by atoms with Crippen LogP contribution in [0.4, 0.5) is 5.69 Å². The number of hydrogen-bond acceptors (Lipinski definition) is 4. The van der Waals surface area contributed by atoms with E-state index in [2.05, 4.69) is 41.4 Å². The molecule has 3 rings (SSSR count). The zero-order valence-corrected chi connectivity index (χ0v) is 18.3. The van der Waals surface area contributed by atoms with Crippen LogP contribution in [0.3, 0.4) is 0 Å². The van der Waals surface area contributed by atoms with Gasteiger partial charge in [0.15, 0.2) is 0 Å². The van der Waals surface area contributed by atoms with Crippen LogP contribution in [-0.2, 0) is 9.59 Å². The van der Waals surface area contributed by atoms with E-state index in [9.17, 15) is 9.59 Å². The Morgan fingerprint density at radius 1 is 1.17 bits per heavy atom. The molecule has 2 amide bonds. The topological polar surface area (TPSA) is 52.7 Å². The molecule has 1 heterocycles. The monoisotopic (exact) mass is 411 g/mol. The van der Waals surface area contributed by atoms with Gasteiger partial charge in [0.05, 0.1) is 12.0 Å². The molecule has 2 atom stereocenters. The second-order valence-electron chi connectivity index (χ2n) is 7.74. The third kappa shape index (κ3) is 5.19. The number of likely N-dealkylation sites (N-methyl/N-ethyl adjacent to an activating group) is 1. The first-order valence-electron chi connectivity index (χ1n) is 9.84. The summed E-state index contributed by atoms with van der Waals surface area (Å²) in [4.78, 5) is 30.2. The molecule has 2 aromatic carbocycles. The smallest absolute Gasteiger partial charge is 0.227 e. The molecule has 1 aliphatic heterocycles. The van der Waals surface area contributed by atoms with Gasteiger partial charge in [-0.05, 0) is 57.1 Å². The lowest BCUT2D eigenvalue weighted by atomic mass is 10.0. The van der Waals surface area contributed by atoms with E-state index in [-0.39, 0.29) is 30.2 Å². The molecule has 6 heteroatoms. The Kier molecular flexibility index (Phi) is 6.98. The number of benzene rings is 2. The van der Waals surface area contributed by atoms with E-state index in [4.69, 9.17) is 0 Å². The number of nitrogens with one attached hydrogen (secondary N) is 1. The van der Waals surface area contributed by atoms with Crippen molar-refractivity contribution in [2.45, 2.75) is 24.3 Å². The molecule has 0 aliphatic carbocycles. The van der Waals surface area contributed by atoms with Gasteiger partial charge in [-0.2, -0.15) is 0 Å². The minimum absolute atomic E-state index is 0.00439. The Bertz CT molecular complexity index is 849. The molecule has 5 nitrogen and oxygen atoms in total. The minimum atomic E-state index is -0.316. The maximum Gasteiger partial charge on any atom is 0.227 e. The maximum absolute atomic E-state index is 12.8. The molecule has 0 bridgehead atoms. The number of rotatable bonds is 7. The first-order chi connectivity index (χ1) is 13.9. The molecular weight excluding hydrogens is 382 g/mol. The molecule has 1 fully saturated rings. The van der Waals surface area contributed by atoms with Crippen molar-refractivity contribution in [3.05, 3.63) is 59.7 Å². The zero-order chi connectivity index (χ0) is 21.0. The van der Waals surface area contributed by atoms with Crippen molar-refractivity contribution >= 4 is 29.3 Å². The number of anilines is 1. The van der Waals surface area contributed by atoms with E-state index in [0.29, 0.717) is 13.1 Å². The van der Waals surface area contributed by atoms with Crippen molar-refractivity contribution in [1.29, 1.82) is 0 Å². The van der Waals surface area contributed by atoms with Gasteiger partial charge in [-0.1, -0.05) is 29.8 Å². The van der Waals surface area contributed by atoms with E-state index in [0.717, 1.165) is 10.6 Å². The molecule has 1 saturated heterocycles. The Morgan fingerprint density at radius 2 is 1.83 bits per heavy atom. The highest BCUT2D eigenvalue weighted by atomic mass is 32.2. The molecule has 2 aromatic rings. The number of hydrogen-bond donors (Lipinski definition) is 1.